The number of nitrogens with one attached hydrogen (secondary N) is 3. The zero-order valence-electron chi connectivity index (χ0n) is 17.8. The molecule has 4 amide bonds. The summed E-state index contributed by atoms with van der Waals surface area (Å²) in [4.78, 5) is 59.6. The second kappa shape index (κ2) is 14.1. The van der Waals surface area contributed by atoms with Gasteiger partial charge >= 0.3 is 5.97 Å². The van der Waals surface area contributed by atoms with Crippen molar-refractivity contribution in [3.63, 3.8) is 0 Å². The van der Waals surface area contributed by atoms with E-state index in [1.807, 2.05) is 0 Å². The third-order valence-electron chi connectivity index (χ3n) is 4.57. The molecule has 0 saturated heterocycles. The Morgan fingerprint density at radius 1 is 0.909 bits per heavy atom. The van der Waals surface area contributed by atoms with Crippen molar-refractivity contribution in [2.75, 3.05) is 12.4 Å². The van der Waals surface area contributed by atoms with Crippen molar-refractivity contribution in [1.82, 2.24) is 16.0 Å². The number of aliphatic hydroxyl groups is 1. The Morgan fingerprint density at radius 2 is 1.45 bits per heavy atom. The molecule has 0 aliphatic heterocycles. The lowest BCUT2D eigenvalue weighted by molar-refractivity contribution is -0.141. The Labute approximate surface area is 195 Å². The van der Waals surface area contributed by atoms with Crippen LogP contribution in [0.5, 0.6) is 0 Å². The second-order valence-corrected chi connectivity index (χ2v) is 7.55. The van der Waals surface area contributed by atoms with Crippen molar-refractivity contribution in [3.05, 3.63) is 35.9 Å². The van der Waals surface area contributed by atoms with Gasteiger partial charge in [0.25, 0.3) is 0 Å². The molecule has 0 fully saturated rings. The third kappa shape index (κ3) is 9.89. The largest absolute Gasteiger partial charge is 0.480 e. The monoisotopic (exact) mass is 483 g/mol. The molecule has 4 atom stereocenters. The zero-order chi connectivity index (χ0) is 25.0. The standard InChI is InChI=1S/C20H29N5O7S/c21-12(6-7-16(22)27)17(28)24-14(9-26)19(30)23-13(8-11-4-2-1-3-5-11)18(29)25-15(10-33)20(31)32/h1-5,12-15,26,33H,6-10,21H2,(H2,22,27)(H,23,30)(H,24,28)(H,25,29)(H,31,32). The number of carbonyl (C=O) groups is 5. The number of benzene rings is 1. The number of hydrogen-bond acceptors (Lipinski definition) is 8. The smallest absolute Gasteiger partial charge is 0.327 e. The first-order valence-electron chi connectivity index (χ1n) is 10.0. The fourth-order valence-electron chi connectivity index (χ4n) is 2.69. The number of rotatable bonds is 14. The van der Waals surface area contributed by atoms with Gasteiger partial charge in [0.05, 0.1) is 12.6 Å². The highest BCUT2D eigenvalue weighted by Gasteiger charge is 2.30. The molecule has 0 bridgehead atoms. The van der Waals surface area contributed by atoms with Crippen molar-refractivity contribution < 1.29 is 34.2 Å². The van der Waals surface area contributed by atoms with Crippen LogP contribution in [0.4, 0.5) is 0 Å². The summed E-state index contributed by atoms with van der Waals surface area (Å²) in [6.07, 6.45) is -0.179. The molecular formula is C20H29N5O7S. The van der Waals surface area contributed by atoms with E-state index in [1.54, 1.807) is 30.3 Å². The third-order valence-corrected chi connectivity index (χ3v) is 4.93. The van der Waals surface area contributed by atoms with Crippen molar-refractivity contribution in [2.45, 2.75) is 43.4 Å². The summed E-state index contributed by atoms with van der Waals surface area (Å²) in [6, 6.07) is 3.55. The predicted octanol–water partition coefficient (Wildman–Crippen LogP) is -2.72. The Morgan fingerprint density at radius 3 is 1.97 bits per heavy atom. The average molecular weight is 484 g/mol. The number of aliphatic carboxylic acids is 1. The molecule has 0 aliphatic carbocycles. The highest BCUT2D eigenvalue weighted by molar-refractivity contribution is 7.80. The van der Waals surface area contributed by atoms with Gasteiger partial charge in [0.2, 0.25) is 23.6 Å². The van der Waals surface area contributed by atoms with Gasteiger partial charge < -0.3 is 37.6 Å². The van der Waals surface area contributed by atoms with Gasteiger partial charge in [0, 0.05) is 18.6 Å². The minimum Gasteiger partial charge on any atom is -0.480 e. The molecule has 0 saturated carbocycles. The van der Waals surface area contributed by atoms with Crippen LogP contribution in [0.15, 0.2) is 30.3 Å². The molecule has 0 heterocycles. The Hall–Kier alpha value is -3.16. The van der Waals surface area contributed by atoms with Crippen LogP contribution in [0.1, 0.15) is 18.4 Å². The molecule has 1 aromatic rings. The number of primary amides is 1. The molecule has 0 aromatic heterocycles. The molecule has 13 heteroatoms. The number of carboxylic acids is 1. The van der Waals surface area contributed by atoms with Crippen LogP contribution >= 0.6 is 12.6 Å². The van der Waals surface area contributed by atoms with Gasteiger partial charge in [0.15, 0.2) is 0 Å². The number of amides is 4. The Bertz CT molecular complexity index is 839. The zero-order valence-corrected chi connectivity index (χ0v) is 18.7. The van der Waals surface area contributed by atoms with Crippen molar-refractivity contribution >= 4 is 42.2 Å². The van der Waals surface area contributed by atoms with Gasteiger partial charge in [-0.15, -0.1) is 0 Å². The summed E-state index contributed by atoms with van der Waals surface area (Å²) < 4.78 is 0. The molecular weight excluding hydrogens is 454 g/mol. The molecule has 4 unspecified atom stereocenters. The van der Waals surface area contributed by atoms with E-state index in [-0.39, 0.29) is 25.0 Å². The quantitative estimate of drug-likeness (QED) is 0.130. The van der Waals surface area contributed by atoms with Crippen LogP contribution in [0.25, 0.3) is 0 Å². The lowest BCUT2D eigenvalue weighted by Gasteiger charge is -2.24. The predicted molar refractivity (Wildman–Crippen MR) is 121 cm³/mol. The van der Waals surface area contributed by atoms with Crippen molar-refractivity contribution in [3.8, 4) is 0 Å². The lowest BCUT2D eigenvalue weighted by Crippen LogP contribution is -2.58. The van der Waals surface area contributed by atoms with E-state index in [0.717, 1.165) is 0 Å². The average Bonchev–Trinajstić information content (AvgIpc) is 2.78. The van der Waals surface area contributed by atoms with Crippen LogP contribution in [0.2, 0.25) is 0 Å². The SMILES string of the molecule is NC(=O)CCC(N)C(=O)NC(CO)C(=O)NC(Cc1ccccc1)C(=O)NC(CS)C(=O)O. The summed E-state index contributed by atoms with van der Waals surface area (Å²) in [5.74, 6) is -4.59. The number of carboxylic acid groups (broad SMARTS) is 1. The summed E-state index contributed by atoms with van der Waals surface area (Å²) in [7, 11) is 0. The molecule has 9 N–H and O–H groups in total. The van der Waals surface area contributed by atoms with E-state index < -0.39 is 60.4 Å². The van der Waals surface area contributed by atoms with Gasteiger partial charge in [-0.2, -0.15) is 12.6 Å². The summed E-state index contributed by atoms with van der Waals surface area (Å²) in [5.41, 5.74) is 11.3. The maximum absolute atomic E-state index is 12.7. The summed E-state index contributed by atoms with van der Waals surface area (Å²) in [5, 5.41) is 25.7. The maximum Gasteiger partial charge on any atom is 0.327 e. The molecule has 0 aliphatic rings. The van der Waals surface area contributed by atoms with Gasteiger partial charge in [-0.25, -0.2) is 4.79 Å². The topological polar surface area (TPSA) is 214 Å². The molecule has 0 radical (unpaired) electrons. The molecule has 0 spiro atoms. The van der Waals surface area contributed by atoms with Gasteiger partial charge in [0.1, 0.15) is 18.1 Å². The van der Waals surface area contributed by atoms with E-state index in [1.165, 1.54) is 0 Å². The minimum absolute atomic E-state index is 0.0154. The highest BCUT2D eigenvalue weighted by Crippen LogP contribution is 2.05. The summed E-state index contributed by atoms with van der Waals surface area (Å²) in [6.45, 7) is -0.797. The maximum atomic E-state index is 12.7. The van der Waals surface area contributed by atoms with Crippen LogP contribution < -0.4 is 27.4 Å². The van der Waals surface area contributed by atoms with E-state index in [4.69, 9.17) is 16.6 Å². The van der Waals surface area contributed by atoms with E-state index in [2.05, 4.69) is 28.6 Å². The number of hydrogen-bond donors (Lipinski definition) is 8. The molecule has 1 aromatic carbocycles. The fourth-order valence-corrected chi connectivity index (χ4v) is 2.94. The molecule has 33 heavy (non-hydrogen) atoms. The Kier molecular flexibility index (Phi) is 11.9. The Balaban J connectivity index is 2.92. The van der Waals surface area contributed by atoms with Crippen LogP contribution in [0, 0.1) is 0 Å². The fraction of sp³-hybridized carbons (Fsp3) is 0.450. The number of carbonyl (C=O) groups excluding carboxylic acids is 4. The van der Waals surface area contributed by atoms with E-state index >= 15 is 0 Å². The van der Waals surface area contributed by atoms with Crippen LogP contribution in [-0.4, -0.2) is 76.3 Å². The first-order chi connectivity index (χ1) is 15.6. The van der Waals surface area contributed by atoms with Gasteiger partial charge in [-0.3, -0.25) is 19.2 Å². The molecule has 1 rings (SSSR count). The first kappa shape index (κ1) is 27.9. The number of nitrogens with two attached hydrogens (primary N) is 2. The summed E-state index contributed by atoms with van der Waals surface area (Å²) >= 11 is 3.90. The highest BCUT2D eigenvalue weighted by atomic mass is 32.1. The van der Waals surface area contributed by atoms with E-state index in [9.17, 15) is 29.1 Å². The lowest BCUT2D eigenvalue weighted by atomic mass is 10.0. The van der Waals surface area contributed by atoms with Gasteiger partial charge in [-0.1, -0.05) is 30.3 Å². The minimum atomic E-state index is -1.44. The number of aliphatic hydroxyl groups excluding tert-OH is 1. The van der Waals surface area contributed by atoms with Gasteiger partial charge in [-0.05, 0) is 12.0 Å². The van der Waals surface area contributed by atoms with Crippen LogP contribution in [-0.2, 0) is 30.4 Å². The van der Waals surface area contributed by atoms with Crippen molar-refractivity contribution in [2.24, 2.45) is 11.5 Å². The van der Waals surface area contributed by atoms with Crippen LogP contribution in [0.3, 0.4) is 0 Å². The van der Waals surface area contributed by atoms with Crippen molar-refractivity contribution in [1.29, 1.82) is 0 Å². The first-order valence-corrected chi connectivity index (χ1v) is 10.7. The second-order valence-electron chi connectivity index (χ2n) is 7.19. The normalized spacial score (nSPS) is 14.3. The van der Waals surface area contributed by atoms with E-state index in [0.29, 0.717) is 5.56 Å². The molecule has 12 nitrogen and oxygen atoms in total. The number of thiol groups is 1. The molecule has 182 valence electrons.